The van der Waals surface area contributed by atoms with Crippen LogP contribution in [0.25, 0.3) is 0 Å². The van der Waals surface area contributed by atoms with Gasteiger partial charge in [0.05, 0.1) is 12.7 Å². The van der Waals surface area contributed by atoms with Crippen LogP contribution in [0.4, 0.5) is 4.39 Å². The van der Waals surface area contributed by atoms with Gasteiger partial charge in [0.2, 0.25) is 0 Å². The second-order valence-corrected chi connectivity index (χ2v) is 5.84. The number of piperidine rings is 1. The van der Waals surface area contributed by atoms with Gasteiger partial charge in [0, 0.05) is 26.7 Å². The van der Waals surface area contributed by atoms with Crippen LogP contribution in [0.15, 0.2) is 24.3 Å². The first-order valence-corrected chi connectivity index (χ1v) is 7.35. The van der Waals surface area contributed by atoms with E-state index in [-0.39, 0.29) is 18.8 Å². The van der Waals surface area contributed by atoms with Gasteiger partial charge in [-0.05, 0) is 30.5 Å². The lowest BCUT2D eigenvalue weighted by molar-refractivity contribution is -0.163. The molecular formula is C16H22FNO4. The number of ether oxygens (including phenoxy) is 1. The number of benzene rings is 1. The predicted octanol–water partition coefficient (Wildman–Crippen LogP) is 1.15. The molecule has 2 atom stereocenters. The van der Waals surface area contributed by atoms with Crippen molar-refractivity contribution in [1.82, 2.24) is 4.90 Å². The molecule has 0 spiro atoms. The predicted molar refractivity (Wildman–Crippen MR) is 79.1 cm³/mol. The normalized spacial score (nSPS) is 26.0. The van der Waals surface area contributed by atoms with Gasteiger partial charge in [-0.15, -0.1) is 0 Å². The molecular weight excluding hydrogens is 289 g/mol. The maximum Gasteiger partial charge on any atom is 0.313 e. The third-order valence-corrected chi connectivity index (χ3v) is 4.33. The van der Waals surface area contributed by atoms with Gasteiger partial charge in [-0.1, -0.05) is 12.1 Å². The van der Waals surface area contributed by atoms with E-state index in [2.05, 4.69) is 0 Å². The van der Waals surface area contributed by atoms with Crippen molar-refractivity contribution in [3.8, 4) is 0 Å². The summed E-state index contributed by atoms with van der Waals surface area (Å²) in [7, 11) is 1.60. The largest absolute Gasteiger partial charge is 0.481 e. The number of hydrogen-bond acceptors (Lipinski definition) is 4. The number of likely N-dealkylation sites (tertiary alicyclic amines) is 1. The molecule has 0 bridgehead atoms. The number of halogens is 1. The summed E-state index contributed by atoms with van der Waals surface area (Å²) >= 11 is 0. The fourth-order valence-electron chi connectivity index (χ4n) is 3.00. The van der Waals surface area contributed by atoms with Gasteiger partial charge in [-0.2, -0.15) is 0 Å². The van der Waals surface area contributed by atoms with Gasteiger partial charge in [0.15, 0.2) is 0 Å². The van der Waals surface area contributed by atoms with Crippen molar-refractivity contribution in [2.24, 2.45) is 5.41 Å². The van der Waals surface area contributed by atoms with Gasteiger partial charge in [0.1, 0.15) is 11.2 Å². The van der Waals surface area contributed by atoms with Crippen LogP contribution in [0.2, 0.25) is 0 Å². The standard InChI is InChI=1S/C16H22FNO4/c1-22-9-8-18-7-6-14(19)16(11-18,15(20)21)10-12-2-4-13(17)5-3-12/h2-5,14,19H,6-11H2,1H3,(H,20,21)/t14-,16-/m1/s1. The number of aliphatic hydroxyl groups is 1. The Labute approximate surface area is 129 Å². The summed E-state index contributed by atoms with van der Waals surface area (Å²) in [4.78, 5) is 13.9. The van der Waals surface area contributed by atoms with Gasteiger partial charge in [0.25, 0.3) is 0 Å². The summed E-state index contributed by atoms with van der Waals surface area (Å²) in [6, 6.07) is 5.76. The zero-order valence-corrected chi connectivity index (χ0v) is 12.7. The van der Waals surface area contributed by atoms with Gasteiger partial charge in [-0.25, -0.2) is 4.39 Å². The molecule has 1 aromatic carbocycles. The number of methoxy groups -OCH3 is 1. The highest BCUT2D eigenvalue weighted by Crippen LogP contribution is 2.34. The molecule has 0 amide bonds. The minimum Gasteiger partial charge on any atom is -0.481 e. The van der Waals surface area contributed by atoms with Crippen molar-refractivity contribution < 1.29 is 24.1 Å². The number of nitrogens with zero attached hydrogens (tertiary/aromatic N) is 1. The first kappa shape index (κ1) is 16.9. The van der Waals surface area contributed by atoms with Crippen LogP contribution >= 0.6 is 0 Å². The summed E-state index contributed by atoms with van der Waals surface area (Å²) < 4.78 is 18.0. The summed E-state index contributed by atoms with van der Waals surface area (Å²) in [5.74, 6) is -1.38. The van der Waals surface area contributed by atoms with Crippen molar-refractivity contribution in [2.75, 3.05) is 33.4 Å². The van der Waals surface area contributed by atoms with Gasteiger partial charge in [-0.3, -0.25) is 9.69 Å². The average molecular weight is 311 g/mol. The van der Waals surface area contributed by atoms with E-state index >= 15 is 0 Å². The SMILES string of the molecule is COCCN1CC[C@@H](O)[C@](Cc2ccc(F)cc2)(C(=O)O)C1. The average Bonchev–Trinajstić information content (AvgIpc) is 2.50. The molecule has 2 rings (SSSR count). The van der Waals surface area contributed by atoms with Crippen LogP contribution in [0.5, 0.6) is 0 Å². The molecule has 0 saturated carbocycles. The first-order valence-electron chi connectivity index (χ1n) is 7.35. The van der Waals surface area contributed by atoms with E-state index < -0.39 is 17.5 Å². The Morgan fingerprint density at radius 1 is 1.45 bits per heavy atom. The van der Waals surface area contributed by atoms with E-state index in [1.807, 2.05) is 4.90 Å². The molecule has 0 radical (unpaired) electrons. The number of aliphatic hydroxyl groups excluding tert-OH is 1. The quantitative estimate of drug-likeness (QED) is 0.825. The maximum atomic E-state index is 13.0. The maximum absolute atomic E-state index is 13.0. The van der Waals surface area contributed by atoms with Crippen LogP contribution in [0, 0.1) is 11.2 Å². The third kappa shape index (κ3) is 3.63. The molecule has 22 heavy (non-hydrogen) atoms. The number of aliphatic carboxylic acids is 1. The number of carboxylic acid groups (broad SMARTS) is 1. The number of hydrogen-bond donors (Lipinski definition) is 2. The minimum atomic E-state index is -1.27. The number of carbonyl (C=O) groups is 1. The molecule has 1 aliphatic rings. The molecule has 0 unspecified atom stereocenters. The van der Waals surface area contributed by atoms with Crippen LogP contribution in [-0.2, 0) is 16.0 Å². The van der Waals surface area contributed by atoms with Crippen LogP contribution in [0.3, 0.4) is 0 Å². The Morgan fingerprint density at radius 2 is 2.14 bits per heavy atom. The molecule has 1 saturated heterocycles. The van der Waals surface area contributed by atoms with E-state index in [1.165, 1.54) is 12.1 Å². The fourth-order valence-corrected chi connectivity index (χ4v) is 3.00. The zero-order valence-electron chi connectivity index (χ0n) is 12.7. The Morgan fingerprint density at radius 3 is 2.73 bits per heavy atom. The monoisotopic (exact) mass is 311 g/mol. The van der Waals surface area contributed by atoms with E-state index in [0.29, 0.717) is 31.7 Å². The number of carboxylic acids is 1. The number of rotatable bonds is 6. The van der Waals surface area contributed by atoms with E-state index in [9.17, 15) is 19.4 Å². The summed E-state index contributed by atoms with van der Waals surface area (Å²) in [6.07, 6.45) is -0.348. The molecule has 6 heteroatoms. The van der Waals surface area contributed by atoms with Crippen molar-refractivity contribution in [2.45, 2.75) is 18.9 Å². The Balaban J connectivity index is 2.20. The second-order valence-electron chi connectivity index (χ2n) is 5.84. The smallest absolute Gasteiger partial charge is 0.313 e. The van der Waals surface area contributed by atoms with Crippen molar-refractivity contribution in [3.63, 3.8) is 0 Å². The highest BCUT2D eigenvalue weighted by molar-refractivity contribution is 5.76. The molecule has 1 heterocycles. The molecule has 122 valence electrons. The molecule has 5 nitrogen and oxygen atoms in total. The van der Waals surface area contributed by atoms with E-state index in [1.54, 1.807) is 19.2 Å². The Hall–Kier alpha value is -1.50. The third-order valence-electron chi connectivity index (χ3n) is 4.33. The van der Waals surface area contributed by atoms with Gasteiger partial charge >= 0.3 is 5.97 Å². The lowest BCUT2D eigenvalue weighted by Crippen LogP contribution is -2.57. The van der Waals surface area contributed by atoms with Gasteiger partial charge < -0.3 is 14.9 Å². The lowest BCUT2D eigenvalue weighted by Gasteiger charge is -2.43. The highest BCUT2D eigenvalue weighted by atomic mass is 19.1. The van der Waals surface area contributed by atoms with Crippen LogP contribution < -0.4 is 0 Å². The zero-order chi connectivity index (χ0) is 16.2. The van der Waals surface area contributed by atoms with E-state index in [0.717, 1.165) is 0 Å². The molecule has 1 fully saturated rings. The fraction of sp³-hybridized carbons (Fsp3) is 0.562. The molecule has 0 aromatic heterocycles. The summed E-state index contributed by atoms with van der Waals surface area (Å²) in [5, 5.41) is 20.1. The Kier molecular flexibility index (Phi) is 5.50. The topological polar surface area (TPSA) is 70.0 Å². The van der Waals surface area contributed by atoms with Crippen LogP contribution in [-0.4, -0.2) is 60.5 Å². The summed E-state index contributed by atoms with van der Waals surface area (Å²) in [5.41, 5.74) is -0.569. The second kappa shape index (κ2) is 7.17. The molecule has 0 aliphatic carbocycles. The first-order chi connectivity index (χ1) is 10.5. The molecule has 1 aromatic rings. The minimum absolute atomic E-state index is 0.174. The van der Waals surface area contributed by atoms with Crippen molar-refractivity contribution in [1.29, 1.82) is 0 Å². The molecule has 1 aliphatic heterocycles. The van der Waals surface area contributed by atoms with Crippen molar-refractivity contribution >= 4 is 5.97 Å². The summed E-state index contributed by atoms with van der Waals surface area (Å²) in [6.45, 7) is 2.04. The highest BCUT2D eigenvalue weighted by Gasteiger charge is 2.49. The van der Waals surface area contributed by atoms with Crippen molar-refractivity contribution in [3.05, 3.63) is 35.6 Å². The Bertz CT molecular complexity index is 505. The molecule has 2 N–H and O–H groups in total. The van der Waals surface area contributed by atoms with E-state index in [4.69, 9.17) is 4.74 Å². The lowest BCUT2D eigenvalue weighted by atomic mass is 9.73. The van der Waals surface area contributed by atoms with Crippen LogP contribution in [0.1, 0.15) is 12.0 Å².